The number of nitrogens with zero attached hydrogens (tertiary/aromatic N) is 1. The Hall–Kier alpha value is -1.88. The minimum absolute atomic E-state index is 0.0223. The summed E-state index contributed by atoms with van der Waals surface area (Å²) >= 11 is 0. The summed E-state index contributed by atoms with van der Waals surface area (Å²) in [6.07, 6.45) is 0.637. The number of carbonyl (C=O) groups is 2. The third-order valence-electron chi connectivity index (χ3n) is 3.42. The van der Waals surface area contributed by atoms with Gasteiger partial charge in [0, 0.05) is 20.1 Å². The van der Waals surface area contributed by atoms with Gasteiger partial charge >= 0.3 is 5.97 Å². The van der Waals surface area contributed by atoms with Crippen LogP contribution in [0.5, 0.6) is 0 Å². The van der Waals surface area contributed by atoms with Gasteiger partial charge in [-0.05, 0) is 17.5 Å². The number of likely N-dealkylation sites (N-methyl/N-ethyl adjacent to an activating group) is 1. The highest BCUT2D eigenvalue weighted by molar-refractivity contribution is 5.82. The molecule has 0 spiro atoms. The Morgan fingerprint density at radius 2 is 2.05 bits per heavy atom. The first kappa shape index (κ1) is 13.5. The molecule has 19 heavy (non-hydrogen) atoms. The molecule has 1 aliphatic heterocycles. The molecule has 5 heteroatoms. The highest BCUT2D eigenvalue weighted by atomic mass is 16.4. The van der Waals surface area contributed by atoms with E-state index in [0.29, 0.717) is 13.0 Å². The van der Waals surface area contributed by atoms with Gasteiger partial charge in [-0.2, -0.15) is 0 Å². The van der Waals surface area contributed by atoms with E-state index in [9.17, 15) is 9.59 Å². The van der Waals surface area contributed by atoms with Crippen LogP contribution in [0.3, 0.4) is 0 Å². The van der Waals surface area contributed by atoms with Crippen molar-refractivity contribution in [1.29, 1.82) is 0 Å². The molecule has 0 aliphatic carbocycles. The Labute approximate surface area is 112 Å². The number of carboxylic acids is 1. The van der Waals surface area contributed by atoms with Gasteiger partial charge in [0.05, 0.1) is 12.5 Å². The first-order valence-corrected chi connectivity index (χ1v) is 6.35. The van der Waals surface area contributed by atoms with E-state index < -0.39 is 5.97 Å². The third kappa shape index (κ3) is 3.32. The lowest BCUT2D eigenvalue weighted by Gasteiger charge is -2.28. The van der Waals surface area contributed by atoms with Crippen LogP contribution >= 0.6 is 0 Å². The summed E-state index contributed by atoms with van der Waals surface area (Å²) in [5.74, 6) is -0.933. The predicted octanol–water partition coefficient (Wildman–Crippen LogP) is 0.634. The molecule has 5 nitrogen and oxygen atoms in total. The van der Waals surface area contributed by atoms with Crippen molar-refractivity contribution >= 4 is 11.9 Å². The number of aliphatic carboxylic acids is 1. The van der Waals surface area contributed by atoms with Crippen molar-refractivity contribution in [2.45, 2.75) is 25.4 Å². The van der Waals surface area contributed by atoms with Crippen molar-refractivity contribution in [2.75, 3.05) is 13.6 Å². The average Bonchev–Trinajstić information content (AvgIpc) is 2.43. The maximum Gasteiger partial charge on any atom is 0.305 e. The van der Waals surface area contributed by atoms with E-state index in [-0.39, 0.29) is 24.9 Å². The van der Waals surface area contributed by atoms with E-state index in [2.05, 4.69) is 11.4 Å². The van der Waals surface area contributed by atoms with Gasteiger partial charge < -0.3 is 15.3 Å². The second-order valence-electron chi connectivity index (χ2n) is 4.81. The van der Waals surface area contributed by atoms with Gasteiger partial charge in [-0.15, -0.1) is 0 Å². The van der Waals surface area contributed by atoms with Crippen LogP contribution in [0, 0.1) is 0 Å². The highest BCUT2D eigenvalue weighted by Gasteiger charge is 2.26. The van der Waals surface area contributed by atoms with Crippen molar-refractivity contribution in [2.24, 2.45) is 0 Å². The smallest absolute Gasteiger partial charge is 0.305 e. The van der Waals surface area contributed by atoms with E-state index in [1.165, 1.54) is 16.0 Å². The Morgan fingerprint density at radius 1 is 1.37 bits per heavy atom. The number of hydrogen-bond donors (Lipinski definition) is 2. The Morgan fingerprint density at radius 3 is 2.74 bits per heavy atom. The van der Waals surface area contributed by atoms with Crippen LogP contribution in [-0.4, -0.2) is 41.5 Å². The van der Waals surface area contributed by atoms with Crippen molar-refractivity contribution in [1.82, 2.24) is 10.2 Å². The van der Waals surface area contributed by atoms with E-state index in [4.69, 9.17) is 5.11 Å². The van der Waals surface area contributed by atoms with Crippen LogP contribution in [0.25, 0.3) is 0 Å². The van der Waals surface area contributed by atoms with Gasteiger partial charge in [0.15, 0.2) is 0 Å². The van der Waals surface area contributed by atoms with Gasteiger partial charge in [-0.25, -0.2) is 0 Å². The maximum atomic E-state index is 12.2. The van der Waals surface area contributed by atoms with E-state index >= 15 is 0 Å². The molecule has 2 N–H and O–H groups in total. The first-order valence-electron chi connectivity index (χ1n) is 6.35. The van der Waals surface area contributed by atoms with Crippen LogP contribution in [-0.2, 0) is 22.6 Å². The van der Waals surface area contributed by atoms with Gasteiger partial charge in [-0.1, -0.05) is 24.3 Å². The molecular formula is C14H18N2O3. The predicted molar refractivity (Wildman–Crippen MR) is 70.7 cm³/mol. The quantitative estimate of drug-likeness (QED) is 0.835. The van der Waals surface area contributed by atoms with E-state index in [1.807, 2.05) is 18.2 Å². The molecule has 0 saturated carbocycles. The van der Waals surface area contributed by atoms with E-state index in [1.54, 1.807) is 7.05 Å². The van der Waals surface area contributed by atoms with Crippen molar-refractivity contribution in [3.05, 3.63) is 35.4 Å². The number of carboxylic acid groups (broad SMARTS) is 1. The fourth-order valence-electron chi connectivity index (χ4n) is 2.27. The molecule has 1 aromatic rings. The van der Waals surface area contributed by atoms with Crippen LogP contribution in [0.1, 0.15) is 17.5 Å². The topological polar surface area (TPSA) is 69.6 Å². The second-order valence-corrected chi connectivity index (χ2v) is 4.81. The summed E-state index contributed by atoms with van der Waals surface area (Å²) in [6.45, 7) is 0.924. The molecule has 0 fully saturated rings. The molecule has 0 saturated heterocycles. The summed E-state index contributed by atoms with van der Waals surface area (Å²) in [5, 5.41) is 11.8. The molecule has 0 radical (unpaired) electrons. The normalized spacial score (nSPS) is 17.6. The van der Waals surface area contributed by atoms with Crippen molar-refractivity contribution < 1.29 is 14.7 Å². The van der Waals surface area contributed by atoms with Crippen molar-refractivity contribution in [3.8, 4) is 0 Å². The van der Waals surface area contributed by atoms with Gasteiger partial charge in [0.1, 0.15) is 0 Å². The zero-order valence-corrected chi connectivity index (χ0v) is 10.9. The molecule has 0 unspecified atom stereocenters. The lowest BCUT2D eigenvalue weighted by molar-refractivity contribution is -0.138. The number of carbonyl (C=O) groups excluding carboxylic acids is 1. The fourth-order valence-corrected chi connectivity index (χ4v) is 2.27. The zero-order chi connectivity index (χ0) is 13.8. The van der Waals surface area contributed by atoms with Crippen LogP contribution < -0.4 is 5.32 Å². The lowest BCUT2D eigenvalue weighted by atomic mass is 9.95. The van der Waals surface area contributed by atoms with E-state index in [0.717, 1.165) is 0 Å². The maximum absolute atomic E-state index is 12.2. The molecule has 1 aromatic carbocycles. The van der Waals surface area contributed by atoms with Crippen molar-refractivity contribution in [3.63, 3.8) is 0 Å². The van der Waals surface area contributed by atoms with Crippen LogP contribution in [0.2, 0.25) is 0 Å². The Kier molecular flexibility index (Phi) is 4.16. The SMILES string of the molecule is CN(CCC(=O)O)C(=O)[C@H]1Cc2ccccc2CN1. The van der Waals surface area contributed by atoms with Gasteiger partial charge in [0.2, 0.25) is 5.91 Å². The standard InChI is InChI=1S/C14H18N2O3/c1-16(7-6-13(17)18)14(19)12-8-10-4-2-3-5-11(10)9-15-12/h2-5,12,15H,6-9H2,1H3,(H,17,18)/t12-/m1/s1. The molecule has 0 aromatic heterocycles. The minimum atomic E-state index is -0.887. The van der Waals surface area contributed by atoms with Crippen LogP contribution in [0.4, 0.5) is 0 Å². The minimum Gasteiger partial charge on any atom is -0.481 e. The molecule has 2 rings (SSSR count). The number of benzene rings is 1. The van der Waals surface area contributed by atoms with Gasteiger partial charge in [0.25, 0.3) is 0 Å². The molecule has 1 atom stereocenters. The fraction of sp³-hybridized carbons (Fsp3) is 0.429. The molecule has 0 bridgehead atoms. The number of rotatable bonds is 4. The highest BCUT2D eigenvalue weighted by Crippen LogP contribution is 2.17. The monoisotopic (exact) mass is 262 g/mol. The second kappa shape index (κ2) is 5.84. The summed E-state index contributed by atoms with van der Waals surface area (Å²) in [5.41, 5.74) is 2.41. The summed E-state index contributed by atoms with van der Waals surface area (Å²) in [7, 11) is 1.65. The number of nitrogens with one attached hydrogen (secondary N) is 1. The van der Waals surface area contributed by atoms with Crippen LogP contribution in [0.15, 0.2) is 24.3 Å². The number of fused-ring (bicyclic) bond motifs is 1. The number of hydrogen-bond acceptors (Lipinski definition) is 3. The average molecular weight is 262 g/mol. The third-order valence-corrected chi connectivity index (χ3v) is 3.42. The Bertz CT molecular complexity index is 487. The summed E-state index contributed by atoms with van der Waals surface area (Å²) < 4.78 is 0. The van der Waals surface area contributed by atoms with Gasteiger partial charge in [-0.3, -0.25) is 9.59 Å². The summed E-state index contributed by atoms with van der Waals surface area (Å²) in [6, 6.07) is 7.79. The summed E-state index contributed by atoms with van der Waals surface area (Å²) in [4.78, 5) is 24.2. The number of amides is 1. The molecule has 1 heterocycles. The lowest BCUT2D eigenvalue weighted by Crippen LogP contribution is -2.48. The molecular weight excluding hydrogens is 244 g/mol. The zero-order valence-electron chi connectivity index (χ0n) is 10.9. The first-order chi connectivity index (χ1) is 9.08. The Balaban J connectivity index is 1.96. The largest absolute Gasteiger partial charge is 0.481 e. The molecule has 1 amide bonds. The molecule has 1 aliphatic rings. The molecule has 102 valence electrons.